The monoisotopic (exact) mass is 470 g/mol. The van der Waals surface area contributed by atoms with Crippen LogP contribution in [0.25, 0.3) is 17.0 Å². The molecule has 1 N–H and O–H groups in total. The molecule has 0 radical (unpaired) electrons. The number of ether oxygens (including phenoxy) is 2. The number of nitrogens with one attached hydrogen (secondary N) is 1. The highest BCUT2D eigenvalue weighted by atomic mass is 19.3. The highest BCUT2D eigenvalue weighted by molar-refractivity contribution is 5.92. The Kier molecular flexibility index (Phi) is 7.17. The Hall–Kier alpha value is -3.79. The van der Waals surface area contributed by atoms with Crippen LogP contribution in [0.1, 0.15) is 11.4 Å². The molecule has 1 aliphatic rings. The molecule has 0 unspecified atom stereocenters. The van der Waals surface area contributed by atoms with E-state index in [1.807, 2.05) is 12.1 Å². The zero-order valence-electron chi connectivity index (χ0n) is 18.5. The summed E-state index contributed by atoms with van der Waals surface area (Å²) in [5.74, 6) is 0.531. The van der Waals surface area contributed by atoms with Gasteiger partial charge in [-0.1, -0.05) is 18.2 Å². The van der Waals surface area contributed by atoms with Gasteiger partial charge in [-0.2, -0.15) is 8.78 Å². The number of hydrogen-bond acceptors (Lipinski definition) is 6. The molecule has 0 bridgehead atoms. The summed E-state index contributed by atoms with van der Waals surface area (Å²) < 4.78 is 34.4. The van der Waals surface area contributed by atoms with Gasteiger partial charge in [0.15, 0.2) is 11.5 Å². The third-order valence-corrected chi connectivity index (χ3v) is 5.54. The fraction of sp³-hybridized carbons (Fsp3) is 0.292. The SMILES string of the molecule is COc1cc(/C=C/C(=O)N2CCN(Cc3nc4ccccc4c(=O)[nH]3)CC2)ccc1OC(F)F. The zero-order chi connectivity index (χ0) is 24.1. The molecular weight excluding hydrogens is 446 g/mol. The quantitative estimate of drug-likeness (QED) is 0.535. The number of piperazine rings is 1. The second kappa shape index (κ2) is 10.4. The van der Waals surface area contributed by atoms with Gasteiger partial charge in [-0.15, -0.1) is 0 Å². The number of carbonyl (C=O) groups is 1. The van der Waals surface area contributed by atoms with Crippen LogP contribution in [0.3, 0.4) is 0 Å². The first-order valence-corrected chi connectivity index (χ1v) is 10.7. The maximum Gasteiger partial charge on any atom is 0.387 e. The number of alkyl halides is 2. The van der Waals surface area contributed by atoms with Crippen LogP contribution < -0.4 is 15.0 Å². The average Bonchev–Trinajstić information content (AvgIpc) is 2.83. The summed E-state index contributed by atoms with van der Waals surface area (Å²) in [6.45, 7) is -0.109. The minimum Gasteiger partial charge on any atom is -0.493 e. The number of halogens is 2. The predicted molar refractivity (Wildman–Crippen MR) is 123 cm³/mol. The standard InChI is InChI=1S/C24H24F2N4O4/c1-33-20-14-16(6-8-19(20)34-24(25)26)7-9-22(31)30-12-10-29(11-13-30)15-21-27-18-5-3-2-4-17(18)23(32)28-21/h2-9,14,24H,10-13,15H2,1H3,(H,27,28,32)/b9-7+. The van der Waals surface area contributed by atoms with Gasteiger partial charge in [0.1, 0.15) is 5.82 Å². The molecule has 0 atom stereocenters. The maximum atomic E-state index is 12.6. The van der Waals surface area contributed by atoms with Crippen LogP contribution in [0.2, 0.25) is 0 Å². The molecule has 34 heavy (non-hydrogen) atoms. The maximum absolute atomic E-state index is 12.6. The number of carbonyl (C=O) groups excluding carboxylic acids is 1. The van der Waals surface area contributed by atoms with Crippen LogP contribution >= 0.6 is 0 Å². The van der Waals surface area contributed by atoms with E-state index in [4.69, 9.17) is 4.74 Å². The highest BCUT2D eigenvalue weighted by Crippen LogP contribution is 2.29. The molecule has 2 heterocycles. The molecule has 0 spiro atoms. The summed E-state index contributed by atoms with van der Waals surface area (Å²) in [6, 6.07) is 11.7. The van der Waals surface area contributed by atoms with Crippen LogP contribution in [0.4, 0.5) is 8.78 Å². The average molecular weight is 470 g/mol. The van der Waals surface area contributed by atoms with Crippen molar-refractivity contribution in [3.8, 4) is 11.5 Å². The Morgan fingerprint density at radius 3 is 2.65 bits per heavy atom. The Morgan fingerprint density at radius 2 is 1.91 bits per heavy atom. The Labute approximate surface area is 194 Å². The van der Waals surface area contributed by atoms with Gasteiger partial charge in [0.25, 0.3) is 5.56 Å². The first kappa shape index (κ1) is 23.4. The summed E-state index contributed by atoms with van der Waals surface area (Å²) >= 11 is 0. The van der Waals surface area contributed by atoms with E-state index >= 15 is 0 Å². The lowest BCUT2D eigenvalue weighted by atomic mass is 10.2. The molecule has 3 aromatic rings. The van der Waals surface area contributed by atoms with Crippen LogP contribution in [-0.4, -0.2) is 65.6 Å². The molecule has 2 aromatic carbocycles. The van der Waals surface area contributed by atoms with E-state index in [9.17, 15) is 18.4 Å². The van der Waals surface area contributed by atoms with Crippen LogP contribution in [0.15, 0.2) is 53.3 Å². The highest BCUT2D eigenvalue weighted by Gasteiger charge is 2.20. The van der Waals surface area contributed by atoms with E-state index in [0.717, 1.165) is 0 Å². The molecule has 1 aromatic heterocycles. The van der Waals surface area contributed by atoms with Gasteiger partial charge in [0.05, 0.1) is 24.6 Å². The number of fused-ring (bicyclic) bond motifs is 1. The van der Waals surface area contributed by atoms with Gasteiger partial charge in [-0.25, -0.2) is 4.98 Å². The van der Waals surface area contributed by atoms with Crippen LogP contribution in [0.5, 0.6) is 11.5 Å². The number of H-pyrrole nitrogens is 1. The molecule has 178 valence electrons. The van der Waals surface area contributed by atoms with Gasteiger partial charge in [0.2, 0.25) is 5.91 Å². The zero-order valence-corrected chi connectivity index (χ0v) is 18.5. The number of amides is 1. The van der Waals surface area contributed by atoms with Gasteiger partial charge in [-0.3, -0.25) is 14.5 Å². The number of hydrogen-bond donors (Lipinski definition) is 1. The molecule has 1 fully saturated rings. The molecule has 1 aliphatic heterocycles. The Balaban J connectivity index is 1.33. The van der Waals surface area contributed by atoms with Crippen molar-refractivity contribution in [2.75, 3.05) is 33.3 Å². The molecule has 1 amide bonds. The van der Waals surface area contributed by atoms with Crippen molar-refractivity contribution in [1.29, 1.82) is 0 Å². The first-order chi connectivity index (χ1) is 16.4. The third kappa shape index (κ3) is 5.57. The van der Waals surface area contributed by atoms with Gasteiger partial charge < -0.3 is 19.4 Å². The number of para-hydroxylation sites is 1. The Bertz CT molecular complexity index is 1250. The summed E-state index contributed by atoms with van der Waals surface area (Å²) in [6.07, 6.45) is 3.05. The lowest BCUT2D eigenvalue weighted by Gasteiger charge is -2.33. The van der Waals surface area contributed by atoms with E-state index < -0.39 is 6.61 Å². The fourth-order valence-corrected chi connectivity index (χ4v) is 3.80. The normalized spacial score (nSPS) is 14.8. The van der Waals surface area contributed by atoms with Gasteiger partial charge in [0, 0.05) is 32.3 Å². The van der Waals surface area contributed by atoms with E-state index in [-0.39, 0.29) is 23.0 Å². The van der Waals surface area contributed by atoms with Crippen molar-refractivity contribution in [3.05, 3.63) is 70.3 Å². The third-order valence-electron chi connectivity index (χ3n) is 5.54. The number of nitrogens with zero attached hydrogens (tertiary/aromatic N) is 3. The summed E-state index contributed by atoms with van der Waals surface area (Å²) in [5, 5.41) is 0.558. The van der Waals surface area contributed by atoms with Crippen molar-refractivity contribution in [2.24, 2.45) is 0 Å². The van der Waals surface area contributed by atoms with E-state index in [1.165, 1.54) is 25.3 Å². The molecule has 10 heteroatoms. The van der Waals surface area contributed by atoms with Crippen LogP contribution in [0, 0.1) is 0 Å². The molecule has 0 aliphatic carbocycles. The summed E-state index contributed by atoms with van der Waals surface area (Å²) in [5.41, 5.74) is 1.12. The minimum absolute atomic E-state index is 0.0700. The molecule has 4 rings (SSSR count). The predicted octanol–water partition coefficient (Wildman–Crippen LogP) is 2.89. The topological polar surface area (TPSA) is 87.8 Å². The number of benzene rings is 2. The van der Waals surface area contributed by atoms with Crippen molar-refractivity contribution < 1.29 is 23.0 Å². The lowest BCUT2D eigenvalue weighted by molar-refractivity contribution is -0.127. The number of aromatic amines is 1. The molecule has 8 nitrogen and oxygen atoms in total. The smallest absolute Gasteiger partial charge is 0.387 e. The number of rotatable bonds is 7. The summed E-state index contributed by atoms with van der Waals surface area (Å²) in [4.78, 5) is 36.1. The number of aromatic nitrogens is 2. The molecule has 1 saturated heterocycles. The largest absolute Gasteiger partial charge is 0.493 e. The number of methoxy groups -OCH3 is 1. The van der Waals surface area contributed by atoms with E-state index in [0.29, 0.717) is 55.0 Å². The van der Waals surface area contributed by atoms with Crippen molar-refractivity contribution in [3.63, 3.8) is 0 Å². The fourth-order valence-electron chi connectivity index (χ4n) is 3.80. The Morgan fingerprint density at radius 1 is 1.15 bits per heavy atom. The second-order valence-electron chi connectivity index (χ2n) is 7.75. The van der Waals surface area contributed by atoms with Crippen molar-refractivity contribution in [1.82, 2.24) is 19.8 Å². The second-order valence-corrected chi connectivity index (χ2v) is 7.75. The van der Waals surface area contributed by atoms with Gasteiger partial charge >= 0.3 is 6.61 Å². The van der Waals surface area contributed by atoms with E-state index in [1.54, 1.807) is 29.2 Å². The lowest BCUT2D eigenvalue weighted by Crippen LogP contribution is -2.48. The first-order valence-electron chi connectivity index (χ1n) is 10.7. The van der Waals surface area contributed by atoms with Crippen molar-refractivity contribution >= 4 is 22.9 Å². The summed E-state index contributed by atoms with van der Waals surface area (Å²) in [7, 11) is 1.36. The minimum atomic E-state index is -2.95. The van der Waals surface area contributed by atoms with Gasteiger partial charge in [-0.05, 0) is 35.9 Å². The molecular formula is C24H24F2N4O4. The van der Waals surface area contributed by atoms with Crippen LogP contribution in [-0.2, 0) is 11.3 Å². The molecule has 0 saturated carbocycles. The van der Waals surface area contributed by atoms with E-state index in [2.05, 4.69) is 19.6 Å². The van der Waals surface area contributed by atoms with Crippen molar-refractivity contribution in [2.45, 2.75) is 13.2 Å².